The van der Waals surface area contributed by atoms with Gasteiger partial charge in [-0.15, -0.1) is 0 Å². The maximum atomic E-state index is 13.1. The smallest absolute Gasteiger partial charge is 0.227 e. The van der Waals surface area contributed by atoms with E-state index < -0.39 is 0 Å². The third kappa shape index (κ3) is 7.96. The zero-order chi connectivity index (χ0) is 26.9. The number of hydrogen-bond donors (Lipinski definition) is 1. The first kappa shape index (κ1) is 27.9. The molecule has 3 aromatic rings. The van der Waals surface area contributed by atoms with Gasteiger partial charge in [-0.3, -0.25) is 4.79 Å². The van der Waals surface area contributed by atoms with E-state index in [2.05, 4.69) is 38.4 Å². The molecular weight excluding hydrogens is 503 g/mol. The van der Waals surface area contributed by atoms with Crippen molar-refractivity contribution in [3.05, 3.63) is 71.3 Å². The lowest BCUT2D eigenvalue weighted by atomic mass is 10.1. The van der Waals surface area contributed by atoms with Crippen molar-refractivity contribution < 1.29 is 13.9 Å². The monoisotopic (exact) mass is 540 g/mol. The van der Waals surface area contributed by atoms with Crippen LogP contribution in [0.5, 0.6) is 5.75 Å². The van der Waals surface area contributed by atoms with E-state index in [1.165, 1.54) is 36.8 Å². The molecule has 38 heavy (non-hydrogen) atoms. The van der Waals surface area contributed by atoms with Gasteiger partial charge in [0.05, 0.1) is 13.5 Å². The van der Waals surface area contributed by atoms with Gasteiger partial charge in [0.2, 0.25) is 11.0 Å². The van der Waals surface area contributed by atoms with Gasteiger partial charge in [-0.2, -0.15) is 4.37 Å². The van der Waals surface area contributed by atoms with Crippen LogP contribution in [0.25, 0.3) is 0 Å². The minimum atomic E-state index is -0.246. The molecule has 10 heteroatoms. The Kier molecular flexibility index (Phi) is 10.0. The van der Waals surface area contributed by atoms with Crippen molar-refractivity contribution in [2.45, 2.75) is 25.8 Å². The van der Waals surface area contributed by atoms with Gasteiger partial charge >= 0.3 is 0 Å². The maximum Gasteiger partial charge on any atom is 0.227 e. The van der Waals surface area contributed by atoms with Crippen molar-refractivity contribution in [1.29, 1.82) is 0 Å². The second-order valence-corrected chi connectivity index (χ2v) is 10.5. The maximum absolute atomic E-state index is 13.1. The van der Waals surface area contributed by atoms with Crippen molar-refractivity contribution in [3.63, 3.8) is 0 Å². The highest BCUT2D eigenvalue weighted by molar-refractivity contribution is 7.09. The van der Waals surface area contributed by atoms with Gasteiger partial charge in [-0.1, -0.05) is 24.3 Å². The van der Waals surface area contributed by atoms with Gasteiger partial charge in [0.15, 0.2) is 0 Å². The molecule has 1 N–H and O–H groups in total. The van der Waals surface area contributed by atoms with Crippen molar-refractivity contribution in [2.75, 3.05) is 64.9 Å². The van der Waals surface area contributed by atoms with E-state index in [9.17, 15) is 9.18 Å². The van der Waals surface area contributed by atoms with Crippen molar-refractivity contribution >= 4 is 22.6 Å². The summed E-state index contributed by atoms with van der Waals surface area (Å²) >= 11 is 1.37. The Balaban J connectivity index is 0.000000417. The Morgan fingerprint density at radius 3 is 2.34 bits per heavy atom. The number of amides is 1. The highest BCUT2D eigenvalue weighted by Gasteiger charge is 2.29. The second kappa shape index (κ2) is 13.6. The van der Waals surface area contributed by atoms with E-state index >= 15 is 0 Å². The van der Waals surface area contributed by atoms with Gasteiger partial charge in [0, 0.05) is 69.8 Å². The number of carbonyl (C=O) groups excluding carboxylic acids is 1. The molecule has 0 aliphatic carbocycles. The molecule has 2 aromatic carbocycles. The molecule has 2 aliphatic heterocycles. The lowest BCUT2D eigenvalue weighted by Crippen LogP contribution is -2.54. The molecule has 1 aromatic heterocycles. The summed E-state index contributed by atoms with van der Waals surface area (Å²) in [7, 11) is 3.78. The summed E-state index contributed by atoms with van der Waals surface area (Å²) in [5.41, 5.74) is 1.96. The topological polar surface area (TPSA) is 73.8 Å². The van der Waals surface area contributed by atoms with Crippen LogP contribution in [-0.4, -0.2) is 91.1 Å². The third-order valence-electron chi connectivity index (χ3n) is 6.81. The summed E-state index contributed by atoms with van der Waals surface area (Å²) in [5.74, 6) is 1.40. The molecular formula is C28H37FN6O2S. The fraction of sp³-hybridized carbons (Fsp3) is 0.464. The standard InChI is InChI=1S/C23H25FN4O2S.C5H12N2/c1-16-15-27(23-25-21(26-31-23)13-17-3-7-19(24)8-4-17)11-12-28(16)22(29)14-18-5-9-20(30-2)10-6-18;1-7-4-2-6-3-5-7/h3-10,16H,11-15H2,1-2H3;6H,2-5H2,1H3. The summed E-state index contributed by atoms with van der Waals surface area (Å²) in [4.78, 5) is 24.0. The van der Waals surface area contributed by atoms with Crippen LogP contribution < -0.4 is 15.0 Å². The average molecular weight is 541 g/mol. The lowest BCUT2D eigenvalue weighted by Gasteiger charge is -2.39. The van der Waals surface area contributed by atoms with E-state index in [1.807, 2.05) is 29.2 Å². The van der Waals surface area contributed by atoms with Gasteiger partial charge in [-0.25, -0.2) is 9.37 Å². The van der Waals surface area contributed by atoms with E-state index in [4.69, 9.17) is 4.74 Å². The Hall–Kier alpha value is -3.08. The molecule has 0 spiro atoms. The molecule has 1 atom stereocenters. The van der Waals surface area contributed by atoms with E-state index in [-0.39, 0.29) is 17.8 Å². The molecule has 0 saturated carbocycles. The number of anilines is 1. The fourth-order valence-electron chi connectivity index (χ4n) is 4.53. The van der Waals surface area contributed by atoms with Crippen LogP contribution in [0.3, 0.4) is 0 Å². The molecule has 204 valence electrons. The number of nitrogens with one attached hydrogen (secondary N) is 1. The molecule has 0 bridgehead atoms. The van der Waals surface area contributed by atoms with Gasteiger partial charge in [-0.05, 0) is 49.4 Å². The zero-order valence-electron chi connectivity index (χ0n) is 22.4. The van der Waals surface area contributed by atoms with Crippen LogP contribution in [0.1, 0.15) is 23.9 Å². The number of carbonyl (C=O) groups is 1. The molecule has 5 rings (SSSR count). The fourth-order valence-corrected chi connectivity index (χ4v) is 5.25. The molecule has 1 amide bonds. The predicted molar refractivity (Wildman–Crippen MR) is 150 cm³/mol. The molecule has 2 aliphatic rings. The number of aromatic nitrogens is 2. The van der Waals surface area contributed by atoms with Crippen molar-refractivity contribution in [2.24, 2.45) is 0 Å². The summed E-state index contributed by atoms with van der Waals surface area (Å²) in [5, 5.41) is 4.14. The number of methoxy groups -OCH3 is 1. The van der Waals surface area contributed by atoms with Crippen LogP contribution in [0, 0.1) is 5.82 Å². The normalized spacial score (nSPS) is 18.1. The number of likely N-dealkylation sites (N-methyl/N-ethyl adjacent to an activating group) is 1. The Morgan fingerprint density at radius 1 is 1.05 bits per heavy atom. The first-order chi connectivity index (χ1) is 18.4. The number of halogens is 1. The first-order valence-corrected chi connectivity index (χ1v) is 13.8. The second-order valence-electron chi connectivity index (χ2n) is 9.76. The summed E-state index contributed by atoms with van der Waals surface area (Å²) in [6.07, 6.45) is 0.960. The van der Waals surface area contributed by atoms with Crippen LogP contribution in [0.2, 0.25) is 0 Å². The van der Waals surface area contributed by atoms with E-state index in [0.29, 0.717) is 19.4 Å². The van der Waals surface area contributed by atoms with E-state index in [0.717, 1.165) is 54.0 Å². The summed E-state index contributed by atoms with van der Waals surface area (Å²) < 4.78 is 22.7. The Bertz CT molecular complexity index is 1150. The number of rotatable bonds is 6. The van der Waals surface area contributed by atoms with Crippen LogP contribution in [0.4, 0.5) is 9.52 Å². The SMILES string of the molecule is CN1CCNCC1.COc1ccc(CC(=O)N2CCN(c3nc(Cc4ccc(F)cc4)ns3)CC2C)cc1. The number of piperazine rings is 2. The lowest BCUT2D eigenvalue weighted by molar-refractivity contribution is -0.132. The molecule has 1 unspecified atom stereocenters. The first-order valence-electron chi connectivity index (χ1n) is 13.0. The minimum absolute atomic E-state index is 0.0870. The minimum Gasteiger partial charge on any atom is -0.497 e. The third-order valence-corrected chi connectivity index (χ3v) is 7.62. The van der Waals surface area contributed by atoms with Crippen LogP contribution in [0.15, 0.2) is 48.5 Å². The highest BCUT2D eigenvalue weighted by atomic mass is 32.1. The van der Waals surface area contributed by atoms with Crippen molar-refractivity contribution in [1.82, 2.24) is 24.5 Å². The molecule has 2 saturated heterocycles. The average Bonchev–Trinajstić information content (AvgIpc) is 3.39. The number of hydrogen-bond acceptors (Lipinski definition) is 8. The molecule has 0 radical (unpaired) electrons. The van der Waals surface area contributed by atoms with Gasteiger partial charge in [0.1, 0.15) is 17.4 Å². The summed E-state index contributed by atoms with van der Waals surface area (Å²) in [6.45, 7) is 8.91. The van der Waals surface area contributed by atoms with Crippen LogP contribution >= 0.6 is 11.5 Å². The van der Waals surface area contributed by atoms with Gasteiger partial charge in [0.25, 0.3) is 0 Å². The Labute approximate surface area is 228 Å². The quantitative estimate of drug-likeness (QED) is 0.515. The largest absolute Gasteiger partial charge is 0.497 e. The molecule has 3 heterocycles. The number of ether oxygens (including phenoxy) is 1. The summed E-state index contributed by atoms with van der Waals surface area (Å²) in [6, 6.07) is 14.1. The molecule has 2 fully saturated rings. The highest BCUT2D eigenvalue weighted by Crippen LogP contribution is 2.23. The number of nitrogens with zero attached hydrogens (tertiary/aromatic N) is 5. The predicted octanol–water partition coefficient (Wildman–Crippen LogP) is 3.08. The van der Waals surface area contributed by atoms with E-state index in [1.54, 1.807) is 19.2 Å². The van der Waals surface area contributed by atoms with Gasteiger partial charge < -0.3 is 24.8 Å². The molecule has 8 nitrogen and oxygen atoms in total. The van der Waals surface area contributed by atoms with Crippen molar-refractivity contribution in [3.8, 4) is 5.75 Å². The Morgan fingerprint density at radius 2 is 1.74 bits per heavy atom. The number of benzene rings is 2. The van der Waals surface area contributed by atoms with Crippen LogP contribution in [-0.2, 0) is 17.6 Å². The zero-order valence-corrected chi connectivity index (χ0v) is 23.2.